The Morgan fingerprint density at radius 3 is 2.14 bits per heavy atom. The van der Waals surface area contributed by atoms with Gasteiger partial charge in [-0.2, -0.15) is 0 Å². The topological polar surface area (TPSA) is 20.2 Å². The molecule has 0 atom stereocenters. The lowest BCUT2D eigenvalue weighted by Crippen LogP contribution is -1.97. The summed E-state index contributed by atoms with van der Waals surface area (Å²) >= 11 is 0. The predicted octanol–water partition coefficient (Wildman–Crippen LogP) is 3.61. The van der Waals surface area contributed by atoms with Gasteiger partial charge in [0.2, 0.25) is 0 Å². The second-order valence-corrected chi connectivity index (χ2v) is 3.86. The maximum absolute atomic E-state index is 9.77. The zero-order valence-electron chi connectivity index (χ0n) is 9.43. The third kappa shape index (κ3) is 2.28. The van der Waals surface area contributed by atoms with Crippen LogP contribution in [0, 0.1) is 6.92 Å². The molecule has 1 heteroatoms. The van der Waals surface area contributed by atoms with E-state index in [-0.39, 0.29) is 0 Å². The molecule has 0 unspecified atom stereocenters. The molecule has 0 aliphatic carbocycles. The molecule has 1 N–H and O–H groups in total. The Hall–Kier alpha value is -0.980. The molecule has 0 spiro atoms. The Balaban J connectivity index is 3.12. The fraction of sp³-hybridized carbons (Fsp3) is 0.538. The largest absolute Gasteiger partial charge is 0.508 e. The highest BCUT2D eigenvalue weighted by atomic mass is 16.3. The number of hydrogen-bond acceptors (Lipinski definition) is 1. The highest BCUT2D eigenvalue weighted by Gasteiger charge is 2.08. The van der Waals surface area contributed by atoms with Crippen molar-refractivity contribution in [1.82, 2.24) is 0 Å². The van der Waals surface area contributed by atoms with Gasteiger partial charge in [-0.25, -0.2) is 0 Å². The minimum Gasteiger partial charge on any atom is -0.508 e. The van der Waals surface area contributed by atoms with E-state index in [0.29, 0.717) is 5.75 Å². The van der Waals surface area contributed by atoms with Crippen LogP contribution in [0.25, 0.3) is 0 Å². The molecule has 0 fully saturated rings. The second-order valence-electron chi connectivity index (χ2n) is 3.86. The quantitative estimate of drug-likeness (QED) is 0.772. The van der Waals surface area contributed by atoms with Gasteiger partial charge in [0.05, 0.1) is 0 Å². The van der Waals surface area contributed by atoms with Crippen LogP contribution in [0.2, 0.25) is 0 Å². The van der Waals surface area contributed by atoms with Crippen molar-refractivity contribution in [3.05, 3.63) is 28.8 Å². The van der Waals surface area contributed by atoms with E-state index in [1.165, 1.54) is 11.1 Å². The van der Waals surface area contributed by atoms with Crippen LogP contribution in [0.4, 0.5) is 0 Å². The minimum absolute atomic E-state index is 0.473. The molecular weight excluding hydrogens is 172 g/mol. The average Bonchev–Trinajstić information content (AvgIpc) is 2.17. The van der Waals surface area contributed by atoms with Crippen LogP contribution in [-0.2, 0) is 12.8 Å². The van der Waals surface area contributed by atoms with E-state index in [4.69, 9.17) is 0 Å². The molecule has 0 saturated carbocycles. The van der Waals surface area contributed by atoms with Gasteiger partial charge in [-0.15, -0.1) is 0 Å². The zero-order chi connectivity index (χ0) is 10.6. The van der Waals surface area contributed by atoms with Crippen molar-refractivity contribution in [3.63, 3.8) is 0 Å². The van der Waals surface area contributed by atoms with Gasteiger partial charge in [0, 0.05) is 0 Å². The molecule has 0 amide bonds. The molecule has 14 heavy (non-hydrogen) atoms. The van der Waals surface area contributed by atoms with Crippen LogP contribution < -0.4 is 0 Å². The summed E-state index contributed by atoms with van der Waals surface area (Å²) in [6.07, 6.45) is 4.30. The molecule has 1 nitrogen and oxygen atoms in total. The number of benzene rings is 1. The summed E-state index contributed by atoms with van der Waals surface area (Å²) in [5.74, 6) is 0.473. The molecule has 0 aromatic heterocycles. The van der Waals surface area contributed by atoms with E-state index in [0.717, 1.165) is 31.2 Å². The summed E-state index contributed by atoms with van der Waals surface area (Å²) in [4.78, 5) is 0. The van der Waals surface area contributed by atoms with Crippen molar-refractivity contribution < 1.29 is 5.11 Å². The molecule has 0 radical (unpaired) electrons. The maximum atomic E-state index is 9.77. The van der Waals surface area contributed by atoms with Crippen molar-refractivity contribution in [2.45, 2.75) is 46.5 Å². The second kappa shape index (κ2) is 5.04. The van der Waals surface area contributed by atoms with Crippen LogP contribution in [0.1, 0.15) is 43.4 Å². The molecular formula is C13H20O. The number of aromatic hydroxyl groups is 1. The lowest BCUT2D eigenvalue weighted by atomic mass is 9.94. The Morgan fingerprint density at radius 2 is 1.57 bits per heavy atom. The van der Waals surface area contributed by atoms with E-state index in [2.05, 4.69) is 20.8 Å². The molecule has 1 aromatic rings. The molecule has 0 saturated heterocycles. The van der Waals surface area contributed by atoms with Crippen LogP contribution in [0.5, 0.6) is 5.75 Å². The van der Waals surface area contributed by atoms with E-state index in [1.54, 1.807) is 0 Å². The number of rotatable bonds is 4. The molecule has 0 aliphatic rings. The highest BCUT2D eigenvalue weighted by molar-refractivity contribution is 5.44. The molecule has 0 heterocycles. The van der Waals surface area contributed by atoms with Gasteiger partial charge < -0.3 is 5.11 Å². The van der Waals surface area contributed by atoms with E-state index in [9.17, 15) is 5.11 Å². The first-order valence-electron chi connectivity index (χ1n) is 5.51. The van der Waals surface area contributed by atoms with Gasteiger partial charge in [0.25, 0.3) is 0 Å². The number of phenols is 1. The molecule has 1 rings (SSSR count). The van der Waals surface area contributed by atoms with Crippen molar-refractivity contribution >= 4 is 0 Å². The van der Waals surface area contributed by atoms with Gasteiger partial charge >= 0.3 is 0 Å². The number of phenolic OH excluding ortho intramolecular Hbond substituents is 1. The monoisotopic (exact) mass is 192 g/mol. The van der Waals surface area contributed by atoms with E-state index >= 15 is 0 Å². The molecule has 0 bridgehead atoms. The number of hydrogen-bond donors (Lipinski definition) is 1. The third-order valence-electron chi connectivity index (χ3n) is 2.64. The Labute approximate surface area is 86.8 Å². The third-order valence-corrected chi connectivity index (χ3v) is 2.64. The van der Waals surface area contributed by atoms with Crippen molar-refractivity contribution in [2.24, 2.45) is 0 Å². The van der Waals surface area contributed by atoms with Crippen molar-refractivity contribution in [3.8, 4) is 5.75 Å². The van der Waals surface area contributed by atoms with Gasteiger partial charge in [-0.3, -0.25) is 0 Å². The van der Waals surface area contributed by atoms with Crippen molar-refractivity contribution in [1.29, 1.82) is 0 Å². The van der Waals surface area contributed by atoms with Gasteiger partial charge in [0.1, 0.15) is 5.75 Å². The average molecular weight is 192 g/mol. The standard InChI is InChI=1S/C13H20O/c1-4-6-11-10(3)8-9-13(14)12(11)7-5-2/h8-9,14H,4-7H2,1-3H3. The lowest BCUT2D eigenvalue weighted by molar-refractivity contribution is 0.466. The van der Waals surface area contributed by atoms with Crippen LogP contribution in [0.15, 0.2) is 12.1 Å². The molecule has 78 valence electrons. The van der Waals surface area contributed by atoms with Gasteiger partial charge in [-0.05, 0) is 42.5 Å². The fourth-order valence-electron chi connectivity index (χ4n) is 1.92. The molecule has 1 aromatic carbocycles. The fourth-order valence-corrected chi connectivity index (χ4v) is 1.92. The first kappa shape index (κ1) is 11.1. The zero-order valence-corrected chi connectivity index (χ0v) is 9.43. The van der Waals surface area contributed by atoms with Gasteiger partial charge in [-0.1, -0.05) is 32.8 Å². The summed E-state index contributed by atoms with van der Waals surface area (Å²) in [6, 6.07) is 3.83. The first-order chi connectivity index (χ1) is 6.70. The summed E-state index contributed by atoms with van der Waals surface area (Å²) in [5.41, 5.74) is 3.83. The highest BCUT2D eigenvalue weighted by Crippen LogP contribution is 2.26. The summed E-state index contributed by atoms with van der Waals surface area (Å²) in [6.45, 7) is 6.46. The maximum Gasteiger partial charge on any atom is 0.119 e. The minimum atomic E-state index is 0.473. The summed E-state index contributed by atoms with van der Waals surface area (Å²) in [5, 5.41) is 9.77. The van der Waals surface area contributed by atoms with E-state index < -0.39 is 0 Å². The van der Waals surface area contributed by atoms with Gasteiger partial charge in [0.15, 0.2) is 0 Å². The normalized spacial score (nSPS) is 10.5. The predicted molar refractivity (Wildman–Crippen MR) is 60.8 cm³/mol. The lowest BCUT2D eigenvalue weighted by Gasteiger charge is -2.13. The summed E-state index contributed by atoms with van der Waals surface area (Å²) in [7, 11) is 0. The Kier molecular flexibility index (Phi) is 3.99. The van der Waals surface area contributed by atoms with E-state index in [1.807, 2.05) is 12.1 Å². The van der Waals surface area contributed by atoms with Crippen molar-refractivity contribution in [2.75, 3.05) is 0 Å². The van der Waals surface area contributed by atoms with Crippen LogP contribution in [-0.4, -0.2) is 5.11 Å². The summed E-state index contributed by atoms with van der Waals surface area (Å²) < 4.78 is 0. The first-order valence-corrected chi connectivity index (χ1v) is 5.51. The SMILES string of the molecule is CCCc1c(C)ccc(O)c1CCC. The number of aryl methyl sites for hydroxylation is 1. The Morgan fingerprint density at radius 1 is 1.00 bits per heavy atom. The van der Waals surface area contributed by atoms with Crippen LogP contribution in [0.3, 0.4) is 0 Å². The molecule has 0 aliphatic heterocycles. The Bertz CT molecular complexity index is 271. The van der Waals surface area contributed by atoms with Crippen LogP contribution >= 0.6 is 0 Å². The smallest absolute Gasteiger partial charge is 0.119 e.